The molecule has 1 aromatic carbocycles. The van der Waals surface area contributed by atoms with E-state index in [9.17, 15) is 9.59 Å². The molecular weight excluding hydrogens is 350 g/mol. The zero-order valence-electron chi connectivity index (χ0n) is 11.7. The van der Waals surface area contributed by atoms with Crippen LogP contribution >= 0.6 is 15.9 Å². The van der Waals surface area contributed by atoms with E-state index < -0.39 is 0 Å². The summed E-state index contributed by atoms with van der Waals surface area (Å²) in [5, 5.41) is 4.18. The van der Waals surface area contributed by atoms with Crippen molar-refractivity contribution in [1.29, 1.82) is 0 Å². The lowest BCUT2D eigenvalue weighted by atomic mass is 10.2. The summed E-state index contributed by atoms with van der Waals surface area (Å²) in [5.41, 5.74) is 2.11. The van der Waals surface area contributed by atoms with E-state index in [1.165, 1.54) is 0 Å². The molecule has 2 aromatic rings. The van der Waals surface area contributed by atoms with Crippen molar-refractivity contribution in [2.24, 2.45) is 0 Å². The monoisotopic (exact) mass is 363 g/mol. The van der Waals surface area contributed by atoms with Gasteiger partial charge in [0.05, 0.1) is 23.3 Å². The molecular formula is C15H14BrN3O3. The topological polar surface area (TPSA) is 64.4 Å². The van der Waals surface area contributed by atoms with Gasteiger partial charge in [0.1, 0.15) is 12.3 Å². The molecule has 1 aromatic heterocycles. The van der Waals surface area contributed by atoms with Crippen molar-refractivity contribution < 1.29 is 14.3 Å². The Kier molecular flexibility index (Phi) is 4.24. The fourth-order valence-electron chi connectivity index (χ4n) is 2.35. The Morgan fingerprint density at radius 1 is 1.32 bits per heavy atom. The number of nitrogens with zero attached hydrogens (tertiary/aromatic N) is 3. The summed E-state index contributed by atoms with van der Waals surface area (Å²) in [4.78, 5) is 24.7. The Labute approximate surface area is 135 Å². The average molecular weight is 364 g/mol. The molecule has 1 aliphatic heterocycles. The molecule has 7 heteroatoms. The first-order valence-electron chi connectivity index (χ1n) is 6.85. The summed E-state index contributed by atoms with van der Waals surface area (Å²) in [5.74, 6) is 0. The summed E-state index contributed by atoms with van der Waals surface area (Å²) in [7, 11) is 0. The number of benzene rings is 1. The van der Waals surface area contributed by atoms with Gasteiger partial charge in [0.25, 0.3) is 0 Å². The Bertz CT molecular complexity index is 700. The zero-order chi connectivity index (χ0) is 15.5. The summed E-state index contributed by atoms with van der Waals surface area (Å²) >= 11 is 3.36. The number of rotatable bonds is 3. The van der Waals surface area contributed by atoms with Crippen LogP contribution in [0, 0.1) is 0 Å². The lowest BCUT2D eigenvalue weighted by molar-refractivity contribution is 0.0856. The van der Waals surface area contributed by atoms with Gasteiger partial charge in [0.2, 0.25) is 0 Å². The first-order valence-corrected chi connectivity index (χ1v) is 7.64. The van der Waals surface area contributed by atoms with Crippen LogP contribution in [0.4, 0.5) is 4.79 Å². The van der Waals surface area contributed by atoms with Crippen LogP contribution in [0.15, 0.2) is 34.8 Å². The predicted octanol–water partition coefficient (Wildman–Crippen LogP) is 2.61. The van der Waals surface area contributed by atoms with Gasteiger partial charge in [-0.1, -0.05) is 30.3 Å². The third kappa shape index (κ3) is 2.89. The van der Waals surface area contributed by atoms with Gasteiger partial charge < -0.3 is 9.64 Å². The van der Waals surface area contributed by atoms with Crippen LogP contribution in [0.25, 0.3) is 0 Å². The number of ether oxygens (including phenoxy) is 1. The van der Waals surface area contributed by atoms with Gasteiger partial charge in [-0.2, -0.15) is 5.10 Å². The van der Waals surface area contributed by atoms with Gasteiger partial charge >= 0.3 is 6.09 Å². The van der Waals surface area contributed by atoms with Crippen LogP contribution in [0.1, 0.15) is 21.7 Å². The van der Waals surface area contributed by atoms with E-state index in [0.29, 0.717) is 36.1 Å². The lowest BCUT2D eigenvalue weighted by Gasteiger charge is -2.27. The zero-order valence-corrected chi connectivity index (χ0v) is 13.3. The van der Waals surface area contributed by atoms with Crippen molar-refractivity contribution in [2.45, 2.75) is 19.7 Å². The van der Waals surface area contributed by atoms with E-state index >= 15 is 0 Å². The van der Waals surface area contributed by atoms with Crippen molar-refractivity contribution in [3.63, 3.8) is 0 Å². The van der Waals surface area contributed by atoms with Gasteiger partial charge in [-0.15, -0.1) is 0 Å². The van der Waals surface area contributed by atoms with Crippen molar-refractivity contribution in [1.82, 2.24) is 14.7 Å². The fourth-order valence-corrected chi connectivity index (χ4v) is 2.85. The summed E-state index contributed by atoms with van der Waals surface area (Å²) in [6.45, 7) is 1.67. The standard InChI is InChI=1S/C15H14BrN3O3/c16-14-12(9-20)17-19-7-6-18(8-13(14)19)15(21)22-10-11-4-2-1-3-5-11/h1-5,9H,6-8,10H2. The number of hydrogen-bond acceptors (Lipinski definition) is 4. The normalized spacial score (nSPS) is 13.6. The van der Waals surface area contributed by atoms with Crippen LogP contribution in [0.2, 0.25) is 0 Å². The molecule has 0 atom stereocenters. The third-order valence-electron chi connectivity index (χ3n) is 3.52. The number of carbonyl (C=O) groups is 2. The highest BCUT2D eigenvalue weighted by Gasteiger charge is 2.26. The smallest absolute Gasteiger partial charge is 0.410 e. The molecule has 2 heterocycles. The largest absolute Gasteiger partial charge is 0.445 e. The number of aromatic nitrogens is 2. The molecule has 0 radical (unpaired) electrons. The summed E-state index contributed by atoms with van der Waals surface area (Å²) in [6.07, 6.45) is 0.337. The van der Waals surface area contributed by atoms with Gasteiger partial charge in [-0.05, 0) is 21.5 Å². The molecule has 0 saturated carbocycles. The molecule has 0 saturated heterocycles. The Morgan fingerprint density at radius 3 is 2.82 bits per heavy atom. The highest BCUT2D eigenvalue weighted by atomic mass is 79.9. The van der Waals surface area contributed by atoms with E-state index in [4.69, 9.17) is 4.74 Å². The highest BCUT2D eigenvalue weighted by molar-refractivity contribution is 9.10. The van der Waals surface area contributed by atoms with E-state index in [1.54, 1.807) is 9.58 Å². The highest BCUT2D eigenvalue weighted by Crippen LogP contribution is 2.25. The van der Waals surface area contributed by atoms with E-state index in [0.717, 1.165) is 11.3 Å². The number of halogens is 1. The van der Waals surface area contributed by atoms with Crippen LogP contribution in [-0.2, 0) is 24.4 Å². The minimum absolute atomic E-state index is 0.246. The van der Waals surface area contributed by atoms with Crippen molar-refractivity contribution in [3.8, 4) is 0 Å². The molecule has 0 aliphatic carbocycles. The maximum atomic E-state index is 12.2. The minimum atomic E-state index is -0.365. The predicted molar refractivity (Wildman–Crippen MR) is 82.4 cm³/mol. The molecule has 1 amide bonds. The molecule has 22 heavy (non-hydrogen) atoms. The number of aldehydes is 1. The minimum Gasteiger partial charge on any atom is -0.445 e. The van der Waals surface area contributed by atoms with Crippen LogP contribution in [0.3, 0.4) is 0 Å². The van der Waals surface area contributed by atoms with Gasteiger partial charge in [0.15, 0.2) is 6.29 Å². The second kappa shape index (κ2) is 6.31. The molecule has 0 N–H and O–H groups in total. The Balaban J connectivity index is 1.65. The van der Waals surface area contributed by atoms with Crippen LogP contribution in [0.5, 0.6) is 0 Å². The van der Waals surface area contributed by atoms with E-state index in [1.807, 2.05) is 30.3 Å². The van der Waals surface area contributed by atoms with Crippen molar-refractivity contribution in [3.05, 3.63) is 51.8 Å². The number of hydrogen-bond donors (Lipinski definition) is 0. The molecule has 6 nitrogen and oxygen atoms in total. The molecule has 114 valence electrons. The second-order valence-corrected chi connectivity index (χ2v) is 5.74. The quantitative estimate of drug-likeness (QED) is 0.786. The second-order valence-electron chi connectivity index (χ2n) is 4.95. The van der Waals surface area contributed by atoms with E-state index in [2.05, 4.69) is 21.0 Å². The van der Waals surface area contributed by atoms with Crippen molar-refractivity contribution >= 4 is 28.3 Å². The molecule has 0 spiro atoms. The van der Waals surface area contributed by atoms with Gasteiger partial charge in [0, 0.05) is 6.54 Å². The van der Waals surface area contributed by atoms with E-state index in [-0.39, 0.29) is 12.7 Å². The summed E-state index contributed by atoms with van der Waals surface area (Å²) in [6, 6.07) is 9.54. The lowest BCUT2D eigenvalue weighted by Crippen LogP contribution is -2.38. The molecule has 0 unspecified atom stereocenters. The Hall–Kier alpha value is -2.15. The number of fused-ring (bicyclic) bond motifs is 1. The van der Waals surface area contributed by atoms with Crippen LogP contribution < -0.4 is 0 Å². The maximum Gasteiger partial charge on any atom is 0.410 e. The first kappa shape index (κ1) is 14.8. The molecule has 1 aliphatic rings. The summed E-state index contributed by atoms with van der Waals surface area (Å²) < 4.78 is 7.71. The maximum absolute atomic E-state index is 12.2. The van der Waals surface area contributed by atoms with Gasteiger partial charge in [-0.25, -0.2) is 4.79 Å². The molecule has 0 bridgehead atoms. The number of amides is 1. The fraction of sp³-hybridized carbons (Fsp3) is 0.267. The third-order valence-corrected chi connectivity index (χ3v) is 4.38. The molecule has 0 fully saturated rings. The van der Waals surface area contributed by atoms with Crippen molar-refractivity contribution in [2.75, 3.05) is 6.54 Å². The SMILES string of the molecule is O=Cc1nn2c(c1Br)CN(C(=O)OCc1ccccc1)CC2. The van der Waals surface area contributed by atoms with Gasteiger partial charge in [-0.3, -0.25) is 9.48 Å². The average Bonchev–Trinajstić information content (AvgIpc) is 2.89. The first-order chi connectivity index (χ1) is 10.7. The Morgan fingerprint density at radius 2 is 2.09 bits per heavy atom. The van der Waals surface area contributed by atoms with Crippen LogP contribution in [-0.4, -0.2) is 33.6 Å². The molecule has 3 rings (SSSR count). The number of carbonyl (C=O) groups excluding carboxylic acids is 2.